The minimum Gasteiger partial charge on any atom is -0.350 e. The van der Waals surface area contributed by atoms with Crippen LogP contribution in [0.2, 0.25) is 0 Å². The number of nitrogens with one attached hydrogen (secondary N) is 1. The molecule has 0 aliphatic carbocycles. The van der Waals surface area contributed by atoms with Crippen molar-refractivity contribution in [2.24, 2.45) is 0 Å². The van der Waals surface area contributed by atoms with E-state index in [0.717, 1.165) is 17.2 Å². The molecule has 122 valence electrons. The molecule has 0 radical (unpaired) electrons. The molecule has 1 amide bonds. The van der Waals surface area contributed by atoms with Crippen LogP contribution in [0, 0.1) is 13.8 Å². The molecule has 0 spiro atoms. The largest absolute Gasteiger partial charge is 0.350 e. The van der Waals surface area contributed by atoms with Crippen molar-refractivity contribution in [1.82, 2.24) is 35.0 Å². The molecular formula is C16H17N7O. The van der Waals surface area contributed by atoms with Crippen LogP contribution in [0.3, 0.4) is 0 Å². The van der Waals surface area contributed by atoms with Gasteiger partial charge in [-0.05, 0) is 26.0 Å². The number of carbonyl (C=O) groups excluding carboxylic acids is 1. The van der Waals surface area contributed by atoms with Gasteiger partial charge in [0.1, 0.15) is 11.6 Å². The van der Waals surface area contributed by atoms with E-state index >= 15 is 0 Å². The highest BCUT2D eigenvalue weighted by molar-refractivity contribution is 5.93. The Bertz CT molecular complexity index is 827. The highest BCUT2D eigenvalue weighted by Crippen LogP contribution is 2.11. The van der Waals surface area contributed by atoms with Crippen LogP contribution in [0.25, 0.3) is 11.4 Å². The van der Waals surface area contributed by atoms with Gasteiger partial charge in [-0.2, -0.15) is 5.10 Å². The fraction of sp³-hybridized carbons (Fsp3) is 0.250. The summed E-state index contributed by atoms with van der Waals surface area (Å²) in [5.74, 6) is 1.86. The van der Waals surface area contributed by atoms with Crippen molar-refractivity contribution in [1.29, 1.82) is 0 Å². The highest BCUT2D eigenvalue weighted by atomic mass is 16.1. The lowest BCUT2D eigenvalue weighted by atomic mass is 10.2. The number of pyridine rings is 1. The van der Waals surface area contributed by atoms with E-state index in [1.54, 1.807) is 17.1 Å². The fourth-order valence-corrected chi connectivity index (χ4v) is 2.24. The first-order valence-electron chi connectivity index (χ1n) is 7.52. The first kappa shape index (κ1) is 15.7. The van der Waals surface area contributed by atoms with Gasteiger partial charge in [0.2, 0.25) is 0 Å². The van der Waals surface area contributed by atoms with Crippen LogP contribution in [0.4, 0.5) is 0 Å². The van der Waals surface area contributed by atoms with Crippen LogP contribution in [0.15, 0.2) is 36.9 Å². The first-order valence-corrected chi connectivity index (χ1v) is 7.52. The van der Waals surface area contributed by atoms with Gasteiger partial charge in [-0.25, -0.2) is 19.6 Å². The third-order valence-corrected chi connectivity index (χ3v) is 3.41. The SMILES string of the molecule is Cc1nc(C)n(CCNC(=O)c2cnc(-c3cccnc3)nc2)n1. The van der Waals surface area contributed by atoms with Crippen molar-refractivity contribution in [3.63, 3.8) is 0 Å². The number of hydrogen-bond donors (Lipinski definition) is 1. The van der Waals surface area contributed by atoms with E-state index in [1.807, 2.05) is 26.0 Å². The maximum atomic E-state index is 12.1. The van der Waals surface area contributed by atoms with Crippen LogP contribution in [-0.2, 0) is 6.54 Å². The third-order valence-electron chi connectivity index (χ3n) is 3.41. The van der Waals surface area contributed by atoms with E-state index in [-0.39, 0.29) is 5.91 Å². The Morgan fingerprint density at radius 1 is 1.21 bits per heavy atom. The molecule has 0 bridgehead atoms. The van der Waals surface area contributed by atoms with Crippen LogP contribution in [-0.4, -0.2) is 42.2 Å². The topological polar surface area (TPSA) is 98.5 Å². The highest BCUT2D eigenvalue weighted by Gasteiger charge is 2.08. The summed E-state index contributed by atoms with van der Waals surface area (Å²) >= 11 is 0. The zero-order valence-electron chi connectivity index (χ0n) is 13.5. The summed E-state index contributed by atoms with van der Waals surface area (Å²) < 4.78 is 1.76. The van der Waals surface area contributed by atoms with Crippen LogP contribution in [0.5, 0.6) is 0 Å². The summed E-state index contributed by atoms with van der Waals surface area (Å²) in [6.07, 6.45) is 6.38. The second-order valence-electron chi connectivity index (χ2n) is 5.22. The van der Waals surface area contributed by atoms with Crippen LogP contribution in [0.1, 0.15) is 22.0 Å². The van der Waals surface area contributed by atoms with Gasteiger partial charge >= 0.3 is 0 Å². The molecule has 3 aromatic heterocycles. The molecule has 0 saturated carbocycles. The quantitative estimate of drug-likeness (QED) is 0.757. The standard InChI is InChI=1S/C16H17N7O/c1-11-21-12(2)23(22-11)7-6-18-16(24)14-9-19-15(20-10-14)13-4-3-5-17-8-13/h3-5,8-10H,6-7H2,1-2H3,(H,18,24). The Morgan fingerprint density at radius 2 is 2.00 bits per heavy atom. The van der Waals surface area contributed by atoms with Crippen molar-refractivity contribution in [3.05, 3.63) is 54.1 Å². The molecule has 3 heterocycles. The van der Waals surface area contributed by atoms with Gasteiger partial charge in [-0.3, -0.25) is 9.78 Å². The Hall–Kier alpha value is -3.16. The van der Waals surface area contributed by atoms with Gasteiger partial charge in [-0.15, -0.1) is 0 Å². The van der Waals surface area contributed by atoms with Gasteiger partial charge in [0, 0.05) is 36.9 Å². The van der Waals surface area contributed by atoms with Crippen LogP contribution >= 0.6 is 0 Å². The summed E-state index contributed by atoms with van der Waals surface area (Å²) in [6.45, 7) is 4.73. The molecule has 0 fully saturated rings. The second kappa shape index (κ2) is 6.95. The Labute approximate surface area is 139 Å². The molecule has 0 aromatic carbocycles. The zero-order chi connectivity index (χ0) is 16.9. The number of aromatic nitrogens is 6. The molecule has 0 unspecified atom stereocenters. The minimum absolute atomic E-state index is 0.220. The van der Waals surface area contributed by atoms with E-state index in [1.165, 1.54) is 12.4 Å². The third kappa shape index (κ3) is 3.60. The first-order chi connectivity index (χ1) is 11.6. The Morgan fingerprint density at radius 3 is 2.62 bits per heavy atom. The number of rotatable bonds is 5. The molecule has 8 nitrogen and oxygen atoms in total. The second-order valence-corrected chi connectivity index (χ2v) is 5.22. The van der Waals surface area contributed by atoms with Crippen molar-refractivity contribution >= 4 is 5.91 Å². The predicted octanol–water partition coefficient (Wildman–Crippen LogP) is 1.18. The molecule has 0 saturated heterocycles. The maximum Gasteiger partial charge on any atom is 0.254 e. The average molecular weight is 323 g/mol. The number of aryl methyl sites for hydroxylation is 2. The smallest absolute Gasteiger partial charge is 0.254 e. The normalized spacial score (nSPS) is 10.6. The predicted molar refractivity (Wildman–Crippen MR) is 87.1 cm³/mol. The van der Waals surface area contributed by atoms with E-state index in [9.17, 15) is 4.79 Å². The summed E-state index contributed by atoms with van der Waals surface area (Å²) in [6, 6.07) is 3.68. The monoisotopic (exact) mass is 323 g/mol. The average Bonchev–Trinajstić information content (AvgIpc) is 2.93. The molecule has 1 N–H and O–H groups in total. The van der Waals surface area contributed by atoms with Crippen molar-refractivity contribution < 1.29 is 4.79 Å². The minimum atomic E-state index is -0.220. The zero-order valence-corrected chi connectivity index (χ0v) is 13.5. The molecule has 3 aromatic rings. The van der Waals surface area contributed by atoms with E-state index < -0.39 is 0 Å². The number of carbonyl (C=O) groups is 1. The maximum absolute atomic E-state index is 12.1. The molecule has 0 aliphatic rings. The van der Waals surface area contributed by atoms with Crippen LogP contribution < -0.4 is 5.32 Å². The summed E-state index contributed by atoms with van der Waals surface area (Å²) in [5, 5.41) is 7.07. The molecule has 24 heavy (non-hydrogen) atoms. The van der Waals surface area contributed by atoms with E-state index in [0.29, 0.717) is 24.5 Å². The lowest BCUT2D eigenvalue weighted by Crippen LogP contribution is -2.28. The molecule has 0 aliphatic heterocycles. The lowest BCUT2D eigenvalue weighted by molar-refractivity contribution is 0.0951. The van der Waals surface area contributed by atoms with Gasteiger partial charge in [0.05, 0.1) is 12.1 Å². The van der Waals surface area contributed by atoms with Crippen molar-refractivity contribution in [3.8, 4) is 11.4 Å². The molecule has 3 rings (SSSR count). The van der Waals surface area contributed by atoms with Crippen molar-refractivity contribution in [2.45, 2.75) is 20.4 Å². The number of hydrogen-bond acceptors (Lipinski definition) is 6. The molecule has 8 heteroatoms. The van der Waals surface area contributed by atoms with Gasteiger partial charge in [0.15, 0.2) is 5.82 Å². The lowest BCUT2D eigenvalue weighted by Gasteiger charge is -2.06. The van der Waals surface area contributed by atoms with Gasteiger partial charge in [0.25, 0.3) is 5.91 Å². The summed E-state index contributed by atoms with van der Waals surface area (Å²) in [5.41, 5.74) is 1.22. The van der Waals surface area contributed by atoms with Gasteiger partial charge in [-0.1, -0.05) is 0 Å². The Kier molecular flexibility index (Phi) is 4.55. The van der Waals surface area contributed by atoms with Crippen molar-refractivity contribution in [2.75, 3.05) is 6.54 Å². The summed E-state index contributed by atoms with van der Waals surface area (Å²) in [7, 11) is 0. The van der Waals surface area contributed by atoms with E-state index in [2.05, 4.69) is 30.4 Å². The molecule has 0 atom stereocenters. The fourth-order valence-electron chi connectivity index (χ4n) is 2.24. The van der Waals surface area contributed by atoms with Gasteiger partial charge < -0.3 is 5.32 Å². The number of amides is 1. The Balaban J connectivity index is 1.58. The molecular weight excluding hydrogens is 306 g/mol. The summed E-state index contributed by atoms with van der Waals surface area (Å²) in [4.78, 5) is 28.8. The number of nitrogens with zero attached hydrogens (tertiary/aromatic N) is 6. The van der Waals surface area contributed by atoms with E-state index in [4.69, 9.17) is 0 Å².